The molecule has 16 heteroatoms. The lowest BCUT2D eigenvalue weighted by Gasteiger charge is -2.39. The molecule has 2 aliphatic heterocycles. The topological polar surface area (TPSA) is 194 Å². The summed E-state index contributed by atoms with van der Waals surface area (Å²) >= 11 is 0. The van der Waals surface area contributed by atoms with Gasteiger partial charge in [0.1, 0.15) is 61.1 Å². The summed E-state index contributed by atoms with van der Waals surface area (Å²) in [6.45, 7) is 12.9. The largest absolute Gasteiger partial charge is 0.460 e. The van der Waals surface area contributed by atoms with Crippen LogP contribution in [0.15, 0.2) is 71.3 Å². The molecule has 1 aromatic heterocycles. The Morgan fingerprint density at radius 2 is 1.61 bits per heavy atom. The van der Waals surface area contributed by atoms with Gasteiger partial charge in [0.05, 0.1) is 64.0 Å². The van der Waals surface area contributed by atoms with E-state index < -0.39 is 43.3 Å². The maximum atomic E-state index is 13.6. The first-order valence-corrected chi connectivity index (χ1v) is 20.3. The summed E-state index contributed by atoms with van der Waals surface area (Å²) in [7, 11) is 0. The van der Waals surface area contributed by atoms with E-state index in [4.69, 9.17) is 28.1 Å². The van der Waals surface area contributed by atoms with Crippen molar-refractivity contribution in [1.82, 2.24) is 19.6 Å². The molecule has 5 atom stereocenters. The SMILES string of the molecule is CCN(CC)c1ccc2c(-c3ccccc3C(=O)OCCOCCOCCn3cc(CO[C@H]4O[C@H](CO)[C@@H](O)[C@H](O)[C@@H]4O)nn3)c3ccc(=[N+](CC)CC)cc-3oc2c1. The fourth-order valence-corrected chi connectivity index (χ4v) is 7.25. The molecule has 3 aromatic rings. The Labute approximate surface area is 343 Å². The third-order valence-corrected chi connectivity index (χ3v) is 10.5. The Morgan fingerprint density at radius 1 is 0.864 bits per heavy atom. The van der Waals surface area contributed by atoms with E-state index in [0.29, 0.717) is 37.6 Å². The van der Waals surface area contributed by atoms with Gasteiger partial charge in [-0.3, -0.25) is 0 Å². The minimum Gasteiger partial charge on any atom is -0.460 e. The van der Waals surface area contributed by atoms with Gasteiger partial charge < -0.3 is 53.4 Å². The van der Waals surface area contributed by atoms with E-state index in [1.54, 1.807) is 16.9 Å². The molecule has 6 rings (SSSR count). The highest BCUT2D eigenvalue weighted by atomic mass is 16.7. The van der Waals surface area contributed by atoms with Crippen molar-refractivity contribution in [3.63, 3.8) is 0 Å². The lowest BCUT2D eigenvalue weighted by atomic mass is 9.90. The molecule has 1 saturated heterocycles. The van der Waals surface area contributed by atoms with Crippen LogP contribution in [0.1, 0.15) is 43.7 Å². The summed E-state index contributed by atoms with van der Waals surface area (Å²) in [5.74, 6) is 0.283. The van der Waals surface area contributed by atoms with Crippen LogP contribution in [0.5, 0.6) is 0 Å². The molecule has 0 spiro atoms. The van der Waals surface area contributed by atoms with Crippen LogP contribution in [-0.2, 0) is 36.8 Å². The van der Waals surface area contributed by atoms with Crippen molar-refractivity contribution in [3.05, 3.63) is 83.5 Å². The van der Waals surface area contributed by atoms with E-state index in [1.165, 1.54) is 0 Å². The van der Waals surface area contributed by atoms with E-state index in [2.05, 4.69) is 83.9 Å². The number of benzene rings is 3. The van der Waals surface area contributed by atoms with Gasteiger partial charge >= 0.3 is 5.97 Å². The van der Waals surface area contributed by atoms with Gasteiger partial charge in [0.15, 0.2) is 6.29 Å². The average molecular weight is 819 g/mol. The number of aliphatic hydroxyl groups excluding tert-OH is 4. The molecule has 0 unspecified atom stereocenters. The molecule has 318 valence electrons. The maximum Gasteiger partial charge on any atom is 0.338 e. The number of nitrogens with zero attached hydrogens (tertiary/aromatic N) is 5. The summed E-state index contributed by atoms with van der Waals surface area (Å²) in [6, 6.07) is 20.0. The van der Waals surface area contributed by atoms with E-state index >= 15 is 0 Å². The molecule has 4 N–H and O–H groups in total. The summed E-state index contributed by atoms with van der Waals surface area (Å²) in [5, 5.41) is 49.4. The second kappa shape index (κ2) is 21.0. The van der Waals surface area contributed by atoms with Crippen molar-refractivity contribution in [3.8, 4) is 22.5 Å². The summed E-state index contributed by atoms with van der Waals surface area (Å²) in [4.78, 5) is 15.9. The van der Waals surface area contributed by atoms with Crippen molar-refractivity contribution >= 4 is 22.6 Å². The smallest absolute Gasteiger partial charge is 0.338 e. The molecule has 3 heterocycles. The normalized spacial score (nSPS) is 19.4. The first kappa shape index (κ1) is 43.8. The Balaban J connectivity index is 1.01. The highest BCUT2D eigenvalue weighted by Gasteiger charge is 2.44. The molecule has 59 heavy (non-hydrogen) atoms. The molecule has 1 fully saturated rings. The van der Waals surface area contributed by atoms with Crippen molar-refractivity contribution in [2.45, 2.75) is 71.6 Å². The fourth-order valence-electron chi connectivity index (χ4n) is 7.25. The zero-order valence-electron chi connectivity index (χ0n) is 34.1. The number of hydrogen-bond acceptors (Lipinski definition) is 14. The molecule has 1 aliphatic carbocycles. The van der Waals surface area contributed by atoms with Crippen LogP contribution in [0.4, 0.5) is 5.69 Å². The van der Waals surface area contributed by atoms with Crippen LogP contribution in [0.3, 0.4) is 0 Å². The number of carbonyl (C=O) groups excluding carboxylic acids is 1. The summed E-state index contributed by atoms with van der Waals surface area (Å²) < 4.78 is 38.4. The number of fused-ring (bicyclic) bond motifs is 2. The molecule has 0 amide bonds. The number of anilines is 1. The number of rotatable bonds is 20. The molecular formula is C43H56N5O11+. The van der Waals surface area contributed by atoms with E-state index in [0.717, 1.165) is 70.6 Å². The number of aliphatic hydroxyl groups is 4. The predicted octanol–water partition coefficient (Wildman–Crippen LogP) is 2.66. The summed E-state index contributed by atoms with van der Waals surface area (Å²) in [6.07, 6.45) is -5.18. The van der Waals surface area contributed by atoms with E-state index in [9.17, 15) is 25.2 Å². The first-order chi connectivity index (χ1) is 28.7. The molecule has 0 saturated carbocycles. The zero-order chi connectivity index (χ0) is 41.9. The second-order valence-electron chi connectivity index (χ2n) is 14.1. The van der Waals surface area contributed by atoms with Crippen LogP contribution >= 0.6 is 0 Å². The zero-order valence-corrected chi connectivity index (χ0v) is 34.1. The second-order valence-corrected chi connectivity index (χ2v) is 14.1. The molecule has 3 aliphatic rings. The number of aromatic nitrogens is 3. The molecule has 16 nitrogen and oxygen atoms in total. The first-order valence-electron chi connectivity index (χ1n) is 20.3. The van der Waals surface area contributed by atoms with E-state index in [1.807, 2.05) is 18.2 Å². The van der Waals surface area contributed by atoms with Gasteiger partial charge in [0.2, 0.25) is 5.36 Å². The maximum absolute atomic E-state index is 13.6. The number of carbonyl (C=O) groups is 1. The van der Waals surface area contributed by atoms with Crippen LogP contribution in [0.25, 0.3) is 33.4 Å². The Hall–Kier alpha value is -4.78. The number of ether oxygens (including phenoxy) is 5. The van der Waals surface area contributed by atoms with Gasteiger partial charge in [0.25, 0.3) is 0 Å². The van der Waals surface area contributed by atoms with E-state index in [-0.39, 0.29) is 19.8 Å². The van der Waals surface area contributed by atoms with Gasteiger partial charge in [-0.1, -0.05) is 23.4 Å². The van der Waals surface area contributed by atoms with Gasteiger partial charge in [-0.25, -0.2) is 14.1 Å². The van der Waals surface area contributed by atoms with Gasteiger partial charge in [-0.15, -0.1) is 5.10 Å². The molecule has 0 radical (unpaired) electrons. The third-order valence-electron chi connectivity index (χ3n) is 10.5. The van der Waals surface area contributed by atoms with Gasteiger partial charge in [-0.2, -0.15) is 0 Å². The van der Waals surface area contributed by atoms with Crippen LogP contribution in [0.2, 0.25) is 0 Å². The van der Waals surface area contributed by atoms with Gasteiger partial charge in [-0.05, 0) is 57.5 Å². The van der Waals surface area contributed by atoms with Crippen LogP contribution in [0, 0.1) is 0 Å². The van der Waals surface area contributed by atoms with Crippen molar-refractivity contribution in [2.75, 3.05) is 70.7 Å². The highest BCUT2D eigenvalue weighted by Crippen LogP contribution is 2.42. The lowest BCUT2D eigenvalue weighted by Crippen LogP contribution is -2.59. The highest BCUT2D eigenvalue weighted by molar-refractivity contribution is 6.08. The number of hydrogen-bond donors (Lipinski definition) is 4. The molecule has 0 bridgehead atoms. The summed E-state index contributed by atoms with van der Waals surface area (Å²) in [5.41, 5.74) is 5.25. The molecule has 2 aromatic carbocycles. The predicted molar refractivity (Wildman–Crippen MR) is 219 cm³/mol. The van der Waals surface area contributed by atoms with Crippen molar-refractivity contribution in [1.29, 1.82) is 0 Å². The van der Waals surface area contributed by atoms with Gasteiger partial charge in [0, 0.05) is 47.4 Å². The lowest BCUT2D eigenvalue weighted by molar-refractivity contribution is -0.304. The fraction of sp³-hybridized carbons (Fsp3) is 0.488. The quantitative estimate of drug-likeness (QED) is 0.0388. The molecular weight excluding hydrogens is 762 g/mol. The Bertz CT molecular complexity index is 2160. The van der Waals surface area contributed by atoms with Crippen LogP contribution in [-0.4, -0.2) is 138 Å². The number of esters is 1. The van der Waals surface area contributed by atoms with Crippen molar-refractivity contribution < 1.29 is 53.3 Å². The standard InChI is InChI=1S/C43H56N5O11/c1-5-46(6-2)29-13-15-33-35(23-29)58-36-24-30(47(7-3)8-4)14-16-34(36)38(33)31-11-9-10-12-32(31)42(53)56-22-21-55-20-19-54-18-17-48-25-28(44-45-48)27-57-43-41(52)40(51)39(50)37(26-49)59-43/h9-16,23-25,37,39-41,43,49-52H,5-8,17-22,26-27H2,1-4H3/q+1/t37-,39-,40+,41+,43+/m1/s1. The Kier molecular flexibility index (Phi) is 15.6. The van der Waals surface area contributed by atoms with Crippen molar-refractivity contribution in [2.24, 2.45) is 0 Å². The minimum absolute atomic E-state index is 0.0617. The minimum atomic E-state index is -1.53. The van der Waals surface area contributed by atoms with Crippen LogP contribution < -0.4 is 14.8 Å². The monoisotopic (exact) mass is 818 g/mol. The average Bonchev–Trinajstić information content (AvgIpc) is 3.72. The third kappa shape index (κ3) is 10.3. The Morgan fingerprint density at radius 3 is 2.36 bits per heavy atom.